The zero-order valence-corrected chi connectivity index (χ0v) is 8.65. The normalized spacial score (nSPS) is 10.5. The fraction of sp³-hybridized carbons (Fsp3) is 1.00. The first-order chi connectivity index (χ1) is 5.91. The molecule has 0 aliphatic rings. The lowest BCUT2D eigenvalue weighted by Crippen LogP contribution is -1.84. The first-order valence-electron chi connectivity index (χ1n) is 5.08. The fourth-order valence-electron chi connectivity index (χ4n) is 1.27. The van der Waals surface area contributed by atoms with Crippen LogP contribution < -0.4 is 0 Å². The zero-order chi connectivity index (χ0) is 9.07. The average Bonchev–Trinajstić information content (AvgIpc) is 2.10. The van der Waals surface area contributed by atoms with E-state index in [2.05, 4.69) is 0 Å². The van der Waals surface area contributed by atoms with Gasteiger partial charge in [0.2, 0.25) is 0 Å². The predicted molar refractivity (Wildman–Crippen MR) is 54.7 cm³/mol. The van der Waals surface area contributed by atoms with E-state index < -0.39 is 0 Å². The van der Waals surface area contributed by atoms with Gasteiger partial charge in [0, 0.05) is 12.5 Å². The molecule has 2 heteroatoms. The SMILES string of the molecule is OCCCCCCCCCCCl. The van der Waals surface area contributed by atoms with Crippen LogP contribution in [-0.4, -0.2) is 17.6 Å². The molecule has 0 atom stereocenters. The molecule has 1 N–H and O–H groups in total. The Morgan fingerprint density at radius 1 is 0.667 bits per heavy atom. The Hall–Kier alpha value is 0.250. The summed E-state index contributed by atoms with van der Waals surface area (Å²) < 4.78 is 0. The maximum atomic E-state index is 8.52. The number of halogens is 1. The lowest BCUT2D eigenvalue weighted by molar-refractivity contribution is 0.282. The molecule has 0 aromatic heterocycles. The number of hydrogen-bond donors (Lipinski definition) is 1. The number of aliphatic hydroxyl groups excluding tert-OH is 1. The maximum absolute atomic E-state index is 8.52. The van der Waals surface area contributed by atoms with Crippen molar-refractivity contribution in [3.05, 3.63) is 0 Å². The van der Waals surface area contributed by atoms with Gasteiger partial charge in [0.15, 0.2) is 0 Å². The second-order valence-electron chi connectivity index (χ2n) is 3.24. The second kappa shape index (κ2) is 11.2. The number of aliphatic hydroxyl groups is 1. The van der Waals surface area contributed by atoms with Gasteiger partial charge in [0.1, 0.15) is 0 Å². The van der Waals surface area contributed by atoms with Gasteiger partial charge in [0.05, 0.1) is 0 Å². The molecular formula is C10H21ClO. The molecule has 0 unspecified atom stereocenters. The van der Waals surface area contributed by atoms with E-state index in [1.165, 1.54) is 38.5 Å². The minimum absolute atomic E-state index is 0.353. The van der Waals surface area contributed by atoms with Crippen LogP contribution in [0.25, 0.3) is 0 Å². The summed E-state index contributed by atoms with van der Waals surface area (Å²) >= 11 is 5.56. The van der Waals surface area contributed by atoms with Crippen LogP contribution in [0.2, 0.25) is 0 Å². The van der Waals surface area contributed by atoms with Crippen LogP contribution in [0.3, 0.4) is 0 Å². The van der Waals surface area contributed by atoms with Gasteiger partial charge in [0.25, 0.3) is 0 Å². The van der Waals surface area contributed by atoms with Crippen LogP contribution in [-0.2, 0) is 0 Å². The minimum atomic E-state index is 0.353. The number of rotatable bonds is 9. The summed E-state index contributed by atoms with van der Waals surface area (Å²) in [5.41, 5.74) is 0. The third kappa shape index (κ3) is 10.2. The second-order valence-corrected chi connectivity index (χ2v) is 3.62. The summed E-state index contributed by atoms with van der Waals surface area (Å²) in [5.74, 6) is 0.810. The van der Waals surface area contributed by atoms with Crippen molar-refractivity contribution in [1.82, 2.24) is 0 Å². The topological polar surface area (TPSA) is 20.2 Å². The molecule has 0 amide bonds. The van der Waals surface area contributed by atoms with Crippen molar-refractivity contribution in [2.24, 2.45) is 0 Å². The van der Waals surface area contributed by atoms with Gasteiger partial charge in [-0.15, -0.1) is 11.6 Å². The van der Waals surface area contributed by atoms with Crippen LogP contribution in [0, 0.1) is 0 Å². The highest BCUT2D eigenvalue weighted by Crippen LogP contribution is 2.08. The van der Waals surface area contributed by atoms with Gasteiger partial charge in [-0.25, -0.2) is 0 Å². The molecule has 12 heavy (non-hydrogen) atoms. The van der Waals surface area contributed by atoms with E-state index in [-0.39, 0.29) is 0 Å². The van der Waals surface area contributed by atoms with Crippen molar-refractivity contribution in [2.45, 2.75) is 51.4 Å². The Labute approximate surface area is 81.1 Å². The quantitative estimate of drug-likeness (QED) is 0.439. The Bertz CT molecular complexity index is 66.2. The Morgan fingerprint density at radius 2 is 1.08 bits per heavy atom. The molecular weight excluding hydrogens is 172 g/mol. The van der Waals surface area contributed by atoms with Crippen molar-refractivity contribution in [3.8, 4) is 0 Å². The van der Waals surface area contributed by atoms with E-state index in [0.717, 1.165) is 18.7 Å². The smallest absolute Gasteiger partial charge is 0.0431 e. The van der Waals surface area contributed by atoms with E-state index in [4.69, 9.17) is 16.7 Å². The minimum Gasteiger partial charge on any atom is -0.396 e. The summed E-state index contributed by atoms with van der Waals surface area (Å²) in [6.07, 6.45) is 9.87. The first-order valence-corrected chi connectivity index (χ1v) is 5.62. The highest BCUT2D eigenvalue weighted by atomic mass is 35.5. The summed E-state index contributed by atoms with van der Waals surface area (Å²) in [6, 6.07) is 0. The number of alkyl halides is 1. The molecule has 0 saturated carbocycles. The van der Waals surface area contributed by atoms with Crippen molar-refractivity contribution in [2.75, 3.05) is 12.5 Å². The van der Waals surface area contributed by atoms with Crippen LogP contribution >= 0.6 is 11.6 Å². The first kappa shape index (κ1) is 12.2. The lowest BCUT2D eigenvalue weighted by atomic mass is 10.1. The number of hydrogen-bond acceptors (Lipinski definition) is 1. The molecule has 0 aromatic carbocycles. The van der Waals surface area contributed by atoms with E-state index in [0.29, 0.717) is 6.61 Å². The van der Waals surface area contributed by atoms with Gasteiger partial charge >= 0.3 is 0 Å². The van der Waals surface area contributed by atoms with Gasteiger partial charge < -0.3 is 5.11 Å². The monoisotopic (exact) mass is 192 g/mol. The summed E-state index contributed by atoms with van der Waals surface area (Å²) in [5, 5.41) is 8.52. The molecule has 0 aliphatic heterocycles. The maximum Gasteiger partial charge on any atom is 0.0431 e. The summed E-state index contributed by atoms with van der Waals surface area (Å²) in [4.78, 5) is 0. The molecule has 0 fully saturated rings. The highest BCUT2D eigenvalue weighted by molar-refractivity contribution is 6.17. The van der Waals surface area contributed by atoms with E-state index >= 15 is 0 Å². The molecule has 1 nitrogen and oxygen atoms in total. The largest absolute Gasteiger partial charge is 0.396 e. The zero-order valence-electron chi connectivity index (χ0n) is 7.90. The van der Waals surface area contributed by atoms with E-state index in [1.54, 1.807) is 0 Å². The van der Waals surface area contributed by atoms with Gasteiger partial charge in [-0.1, -0.05) is 38.5 Å². The van der Waals surface area contributed by atoms with Gasteiger partial charge in [-0.2, -0.15) is 0 Å². The van der Waals surface area contributed by atoms with Crippen molar-refractivity contribution in [3.63, 3.8) is 0 Å². The summed E-state index contributed by atoms with van der Waals surface area (Å²) in [7, 11) is 0. The van der Waals surface area contributed by atoms with Crippen molar-refractivity contribution in [1.29, 1.82) is 0 Å². The average molecular weight is 193 g/mol. The Balaban J connectivity index is 2.73. The Morgan fingerprint density at radius 3 is 1.50 bits per heavy atom. The molecule has 74 valence electrons. The number of unbranched alkanes of at least 4 members (excludes halogenated alkanes) is 7. The molecule has 0 bridgehead atoms. The van der Waals surface area contributed by atoms with Crippen LogP contribution in [0.1, 0.15) is 51.4 Å². The molecule has 0 rings (SSSR count). The van der Waals surface area contributed by atoms with Crippen LogP contribution in [0.4, 0.5) is 0 Å². The Kier molecular flexibility index (Phi) is 11.5. The lowest BCUT2D eigenvalue weighted by Gasteiger charge is -1.99. The molecule has 0 radical (unpaired) electrons. The third-order valence-corrected chi connectivity index (χ3v) is 2.31. The van der Waals surface area contributed by atoms with Crippen molar-refractivity contribution < 1.29 is 5.11 Å². The predicted octanol–water partition coefficient (Wildman–Crippen LogP) is 3.34. The van der Waals surface area contributed by atoms with Gasteiger partial charge in [-0.3, -0.25) is 0 Å². The fourth-order valence-corrected chi connectivity index (χ4v) is 1.46. The standard InChI is InChI=1S/C10H21ClO/c11-9-7-5-3-1-2-4-6-8-10-12/h12H,1-10H2. The molecule has 0 aromatic rings. The van der Waals surface area contributed by atoms with Crippen molar-refractivity contribution >= 4 is 11.6 Å². The third-order valence-electron chi connectivity index (χ3n) is 2.04. The summed E-state index contributed by atoms with van der Waals surface area (Å²) in [6.45, 7) is 0.353. The van der Waals surface area contributed by atoms with Gasteiger partial charge in [-0.05, 0) is 12.8 Å². The van der Waals surface area contributed by atoms with Crippen LogP contribution in [0.5, 0.6) is 0 Å². The molecule has 0 saturated heterocycles. The van der Waals surface area contributed by atoms with E-state index in [1.807, 2.05) is 0 Å². The molecule has 0 heterocycles. The highest BCUT2D eigenvalue weighted by Gasteiger charge is 1.90. The molecule has 0 aliphatic carbocycles. The molecule has 0 spiro atoms. The van der Waals surface area contributed by atoms with E-state index in [9.17, 15) is 0 Å². The van der Waals surface area contributed by atoms with Crippen LogP contribution in [0.15, 0.2) is 0 Å².